The maximum Gasteiger partial charge on any atom is 0.269 e. The summed E-state index contributed by atoms with van der Waals surface area (Å²) in [6, 6.07) is 14.7. The first kappa shape index (κ1) is 18.4. The number of sulfonamides is 1. The molecule has 1 atom stereocenters. The van der Waals surface area contributed by atoms with Crippen LogP contribution in [0.5, 0.6) is 0 Å². The van der Waals surface area contributed by atoms with Gasteiger partial charge in [-0.1, -0.05) is 42.1 Å². The summed E-state index contributed by atoms with van der Waals surface area (Å²) in [4.78, 5) is 14.5. The second-order valence-electron chi connectivity index (χ2n) is 5.66. The number of benzene rings is 2. The first-order valence-electron chi connectivity index (χ1n) is 7.93. The van der Waals surface area contributed by atoms with Gasteiger partial charge in [0.2, 0.25) is 0 Å². The quantitative estimate of drug-likeness (QED) is 0.575. The Bertz CT molecular complexity index is 928. The zero-order valence-corrected chi connectivity index (χ0v) is 15.6. The van der Waals surface area contributed by atoms with Crippen molar-refractivity contribution in [2.45, 2.75) is 17.1 Å². The molecule has 0 N–H and O–H groups in total. The first-order valence-corrected chi connectivity index (χ1v) is 10.2. The highest BCUT2D eigenvalue weighted by molar-refractivity contribution is 8.15. The Labute approximate surface area is 155 Å². The van der Waals surface area contributed by atoms with E-state index in [0.29, 0.717) is 11.7 Å². The van der Waals surface area contributed by atoms with E-state index < -0.39 is 14.9 Å². The van der Waals surface area contributed by atoms with Crippen molar-refractivity contribution < 1.29 is 13.3 Å². The largest absolute Gasteiger partial charge is 0.269 e. The minimum absolute atomic E-state index is 0.0191. The lowest BCUT2D eigenvalue weighted by Gasteiger charge is -2.22. The van der Waals surface area contributed by atoms with Crippen molar-refractivity contribution in [2.24, 2.45) is 4.99 Å². The molecule has 7 nitrogen and oxygen atoms in total. The van der Waals surface area contributed by atoms with Crippen molar-refractivity contribution in [3.8, 4) is 0 Å². The molecule has 1 heterocycles. The second kappa shape index (κ2) is 7.46. The molecule has 1 aliphatic heterocycles. The lowest BCUT2D eigenvalue weighted by Crippen LogP contribution is -2.33. The van der Waals surface area contributed by atoms with Gasteiger partial charge in [-0.15, -0.1) is 0 Å². The third kappa shape index (κ3) is 3.73. The first-order chi connectivity index (χ1) is 12.4. The molecular weight excluding hydrogens is 374 g/mol. The Morgan fingerprint density at radius 1 is 1.15 bits per heavy atom. The molecule has 0 saturated heterocycles. The molecule has 0 fully saturated rings. The van der Waals surface area contributed by atoms with Crippen molar-refractivity contribution in [3.05, 3.63) is 70.3 Å². The lowest BCUT2D eigenvalue weighted by molar-refractivity contribution is -0.384. The maximum absolute atomic E-state index is 12.9. The average molecular weight is 391 g/mol. The molecule has 0 amide bonds. The van der Waals surface area contributed by atoms with Crippen LogP contribution in [0.3, 0.4) is 0 Å². The van der Waals surface area contributed by atoms with Gasteiger partial charge < -0.3 is 0 Å². The second-order valence-corrected chi connectivity index (χ2v) is 8.83. The minimum Gasteiger partial charge on any atom is -0.260 e. The summed E-state index contributed by atoms with van der Waals surface area (Å²) in [5, 5.41) is 11.2. The van der Waals surface area contributed by atoms with Crippen LogP contribution in [0, 0.1) is 10.1 Å². The van der Waals surface area contributed by atoms with E-state index in [-0.39, 0.29) is 22.4 Å². The fourth-order valence-electron chi connectivity index (χ4n) is 2.55. The molecular formula is C17H17N3O4S2. The van der Waals surface area contributed by atoms with Gasteiger partial charge in [0.05, 0.1) is 22.9 Å². The maximum atomic E-state index is 12.9. The SMILES string of the molecule is C[C@@H](SC1=NCCN1S(=O)(=O)c1ccc([N+](=O)[O-])cc1)c1ccccc1. The Balaban J connectivity index is 1.81. The fraction of sp³-hybridized carbons (Fsp3) is 0.235. The van der Waals surface area contributed by atoms with Crippen LogP contribution in [-0.2, 0) is 10.0 Å². The van der Waals surface area contributed by atoms with Gasteiger partial charge in [0.25, 0.3) is 15.7 Å². The fourth-order valence-corrected chi connectivity index (χ4v) is 5.27. The van der Waals surface area contributed by atoms with Crippen molar-refractivity contribution >= 4 is 32.6 Å². The number of nitrogens with zero attached hydrogens (tertiary/aromatic N) is 3. The Hall–Kier alpha value is -2.39. The van der Waals surface area contributed by atoms with Gasteiger partial charge >= 0.3 is 0 Å². The van der Waals surface area contributed by atoms with Gasteiger partial charge in [-0.05, 0) is 24.6 Å². The van der Waals surface area contributed by atoms with Gasteiger partial charge in [0, 0.05) is 17.4 Å². The molecule has 136 valence electrons. The number of thioether (sulfide) groups is 1. The predicted molar refractivity (Wildman–Crippen MR) is 102 cm³/mol. The van der Waals surface area contributed by atoms with E-state index in [9.17, 15) is 18.5 Å². The van der Waals surface area contributed by atoms with E-state index in [1.807, 2.05) is 37.3 Å². The van der Waals surface area contributed by atoms with Gasteiger partial charge in [0.15, 0.2) is 5.17 Å². The zero-order valence-electron chi connectivity index (χ0n) is 14.0. The topological polar surface area (TPSA) is 92.9 Å². The van der Waals surface area contributed by atoms with Crippen LogP contribution in [0.25, 0.3) is 0 Å². The molecule has 3 rings (SSSR count). The number of nitro benzene ring substituents is 1. The van der Waals surface area contributed by atoms with Crippen molar-refractivity contribution in [2.75, 3.05) is 13.1 Å². The molecule has 26 heavy (non-hydrogen) atoms. The van der Waals surface area contributed by atoms with E-state index >= 15 is 0 Å². The summed E-state index contributed by atoms with van der Waals surface area (Å²) in [6.07, 6.45) is 0. The number of nitro groups is 1. The summed E-state index contributed by atoms with van der Waals surface area (Å²) in [5.74, 6) is 0. The zero-order chi connectivity index (χ0) is 18.7. The molecule has 0 aliphatic carbocycles. The van der Waals surface area contributed by atoms with Crippen LogP contribution in [0.15, 0.2) is 64.5 Å². The van der Waals surface area contributed by atoms with E-state index in [1.165, 1.54) is 40.3 Å². The minimum atomic E-state index is -3.80. The van der Waals surface area contributed by atoms with Crippen LogP contribution in [0.2, 0.25) is 0 Å². The van der Waals surface area contributed by atoms with E-state index in [0.717, 1.165) is 5.56 Å². The number of amidine groups is 1. The monoisotopic (exact) mass is 391 g/mol. The average Bonchev–Trinajstić information content (AvgIpc) is 3.11. The van der Waals surface area contributed by atoms with Crippen LogP contribution in [0.4, 0.5) is 5.69 Å². The summed E-state index contributed by atoms with van der Waals surface area (Å²) in [7, 11) is -3.80. The molecule has 0 aromatic heterocycles. The molecule has 9 heteroatoms. The molecule has 0 bridgehead atoms. The van der Waals surface area contributed by atoms with Crippen LogP contribution < -0.4 is 0 Å². The highest BCUT2D eigenvalue weighted by atomic mass is 32.2. The van der Waals surface area contributed by atoms with Crippen molar-refractivity contribution in [3.63, 3.8) is 0 Å². The van der Waals surface area contributed by atoms with Gasteiger partial charge in [-0.25, -0.2) is 12.7 Å². The van der Waals surface area contributed by atoms with Crippen molar-refractivity contribution in [1.82, 2.24) is 4.31 Å². The summed E-state index contributed by atoms with van der Waals surface area (Å²) >= 11 is 1.39. The van der Waals surface area contributed by atoms with E-state index in [4.69, 9.17) is 0 Å². The predicted octanol–water partition coefficient (Wildman–Crippen LogP) is 3.45. The molecule has 0 spiro atoms. The van der Waals surface area contributed by atoms with Gasteiger partial charge in [-0.3, -0.25) is 15.1 Å². The van der Waals surface area contributed by atoms with E-state index in [2.05, 4.69) is 4.99 Å². The number of rotatable bonds is 5. The molecule has 0 saturated carbocycles. The molecule has 2 aromatic carbocycles. The third-order valence-corrected chi connectivity index (χ3v) is 7.06. The van der Waals surface area contributed by atoms with Crippen LogP contribution in [0.1, 0.15) is 17.7 Å². The highest BCUT2D eigenvalue weighted by Crippen LogP contribution is 2.34. The Morgan fingerprint density at radius 3 is 2.42 bits per heavy atom. The highest BCUT2D eigenvalue weighted by Gasteiger charge is 2.32. The number of non-ortho nitro benzene ring substituents is 1. The van der Waals surface area contributed by atoms with Crippen LogP contribution >= 0.6 is 11.8 Å². The summed E-state index contributed by atoms with van der Waals surface area (Å²) in [6.45, 7) is 2.66. The molecule has 0 radical (unpaired) electrons. The normalized spacial score (nSPS) is 15.6. The third-order valence-electron chi connectivity index (χ3n) is 3.95. The Morgan fingerprint density at radius 2 is 1.81 bits per heavy atom. The number of hydrogen-bond acceptors (Lipinski definition) is 6. The number of hydrogen-bond donors (Lipinski definition) is 0. The Kier molecular flexibility index (Phi) is 5.28. The van der Waals surface area contributed by atoms with Gasteiger partial charge in [0.1, 0.15) is 0 Å². The standard InChI is InChI=1S/C17H17N3O4S2/c1-13(14-5-3-2-4-6-14)25-17-18-11-12-19(17)26(23,24)16-9-7-15(8-10-16)20(21)22/h2-10,13H,11-12H2,1H3/t13-/m1/s1. The lowest BCUT2D eigenvalue weighted by atomic mass is 10.2. The molecule has 2 aromatic rings. The smallest absolute Gasteiger partial charge is 0.260 e. The van der Waals surface area contributed by atoms with Gasteiger partial charge in [-0.2, -0.15) is 0 Å². The van der Waals surface area contributed by atoms with Crippen LogP contribution in [-0.4, -0.2) is 35.9 Å². The number of aliphatic imine (C=N–C) groups is 1. The molecule has 0 unspecified atom stereocenters. The summed E-state index contributed by atoms with van der Waals surface area (Å²) in [5.41, 5.74) is 0.936. The summed E-state index contributed by atoms with van der Waals surface area (Å²) < 4.78 is 27.1. The molecule has 1 aliphatic rings. The van der Waals surface area contributed by atoms with Crippen molar-refractivity contribution in [1.29, 1.82) is 0 Å². The van der Waals surface area contributed by atoms with E-state index in [1.54, 1.807) is 0 Å².